The summed E-state index contributed by atoms with van der Waals surface area (Å²) in [4.78, 5) is 19.6. The van der Waals surface area contributed by atoms with Crippen LogP contribution in [0.2, 0.25) is 0 Å². The number of phosphoric ester groups is 1. The molecule has 0 aromatic carbocycles. The Morgan fingerprint density at radius 1 is 1.36 bits per heavy atom. The van der Waals surface area contributed by atoms with Gasteiger partial charge in [0.15, 0.2) is 0 Å². The minimum Gasteiger partial charge on any atom is -0.790 e. The molecular formula is C4H9NaO5P-. The van der Waals surface area contributed by atoms with E-state index in [-0.39, 0.29) is 42.8 Å². The molecule has 0 amide bonds. The maximum absolute atomic E-state index is 9.79. The van der Waals surface area contributed by atoms with Gasteiger partial charge in [-0.1, -0.05) is 0 Å². The van der Waals surface area contributed by atoms with E-state index in [1.165, 1.54) is 0 Å². The molecule has 5 nitrogen and oxygen atoms in total. The summed E-state index contributed by atoms with van der Waals surface area (Å²) in [7, 11) is -4.79. The van der Waals surface area contributed by atoms with Crippen molar-refractivity contribution in [2.45, 2.75) is 6.92 Å². The Morgan fingerprint density at radius 2 is 1.91 bits per heavy atom. The zero-order valence-corrected chi connectivity index (χ0v) is 9.50. The van der Waals surface area contributed by atoms with Crippen molar-refractivity contribution in [1.29, 1.82) is 0 Å². The molecule has 0 N–H and O–H groups in total. The maximum Gasteiger partial charge on any atom is 1.00 e. The predicted octanol–water partition coefficient (Wildman–Crippen LogP) is -4.13. The molecule has 0 aliphatic carbocycles. The first-order valence-electron chi connectivity index (χ1n) is 2.80. The van der Waals surface area contributed by atoms with Crippen LogP contribution in [0.3, 0.4) is 0 Å². The number of rotatable bonds is 5. The van der Waals surface area contributed by atoms with E-state index in [2.05, 4.69) is 4.52 Å². The number of phosphoric acid groups is 1. The monoisotopic (exact) mass is 191 g/mol. The molecule has 0 heterocycles. The summed E-state index contributed by atoms with van der Waals surface area (Å²) in [6, 6.07) is 0. The molecule has 0 aliphatic heterocycles. The summed E-state index contributed by atoms with van der Waals surface area (Å²) in [5, 5.41) is 0. The first-order valence-corrected chi connectivity index (χ1v) is 4.26. The summed E-state index contributed by atoms with van der Waals surface area (Å²) in [5.74, 6) is 0. The van der Waals surface area contributed by atoms with E-state index in [1.54, 1.807) is 6.92 Å². The van der Waals surface area contributed by atoms with Gasteiger partial charge in [-0.2, -0.15) is 0 Å². The van der Waals surface area contributed by atoms with Crippen LogP contribution in [0.1, 0.15) is 6.92 Å². The first kappa shape index (κ1) is 14.6. The molecule has 11 heavy (non-hydrogen) atoms. The smallest absolute Gasteiger partial charge is 0.790 e. The Bertz CT molecular complexity index is 124. The molecule has 0 saturated heterocycles. The Hall–Kier alpha value is 1.07. The fourth-order valence-electron chi connectivity index (χ4n) is 0.352. The zero-order chi connectivity index (χ0) is 8.04. The molecule has 0 saturated carbocycles. The summed E-state index contributed by atoms with van der Waals surface area (Å²) in [6.45, 7) is 2.17. The number of hydrogen-bond donors (Lipinski definition) is 0. The Labute approximate surface area is 87.6 Å². The molecule has 62 valence electrons. The molecule has 0 spiro atoms. The Morgan fingerprint density at radius 3 is 2.27 bits per heavy atom. The SMILES string of the molecule is CCOCCOP(=O)([O-])[O-].[Na+]. The average molecular weight is 191 g/mol. The van der Waals surface area contributed by atoms with Crippen molar-refractivity contribution in [2.75, 3.05) is 19.8 Å². The van der Waals surface area contributed by atoms with Gasteiger partial charge in [-0.15, -0.1) is 0 Å². The second-order valence-corrected chi connectivity index (χ2v) is 2.63. The van der Waals surface area contributed by atoms with E-state index in [4.69, 9.17) is 4.74 Å². The molecule has 0 fully saturated rings. The zero-order valence-electron chi connectivity index (χ0n) is 6.61. The summed E-state index contributed by atoms with van der Waals surface area (Å²) < 4.78 is 18.3. The molecule has 0 bridgehead atoms. The van der Waals surface area contributed by atoms with Gasteiger partial charge in [-0.25, -0.2) is 0 Å². The fraction of sp³-hybridized carbons (Fsp3) is 1.00. The summed E-state index contributed by atoms with van der Waals surface area (Å²) in [5.41, 5.74) is 0. The maximum atomic E-state index is 9.79. The van der Waals surface area contributed by atoms with Crippen LogP contribution in [0, 0.1) is 0 Å². The molecule has 0 unspecified atom stereocenters. The van der Waals surface area contributed by atoms with Gasteiger partial charge in [0.05, 0.1) is 21.0 Å². The normalized spacial score (nSPS) is 10.8. The van der Waals surface area contributed by atoms with Crippen LogP contribution in [0.5, 0.6) is 0 Å². The second-order valence-electron chi connectivity index (χ2n) is 1.48. The average Bonchev–Trinajstić information content (AvgIpc) is 1.78. The molecule has 7 heteroatoms. The third-order valence-electron chi connectivity index (χ3n) is 0.681. The topological polar surface area (TPSA) is 81.7 Å². The largest absolute Gasteiger partial charge is 1.00 e. The first-order chi connectivity index (χ1) is 4.56. The van der Waals surface area contributed by atoms with E-state index < -0.39 is 7.82 Å². The van der Waals surface area contributed by atoms with E-state index in [1.807, 2.05) is 0 Å². The van der Waals surface area contributed by atoms with Gasteiger partial charge in [-0.05, 0) is 6.92 Å². The molecule has 0 atom stereocenters. The van der Waals surface area contributed by atoms with Crippen molar-refractivity contribution in [3.63, 3.8) is 0 Å². The van der Waals surface area contributed by atoms with Crippen molar-refractivity contribution >= 4 is 7.82 Å². The quantitative estimate of drug-likeness (QED) is 0.250. The second kappa shape index (κ2) is 7.71. The van der Waals surface area contributed by atoms with Gasteiger partial charge in [0.2, 0.25) is 0 Å². The van der Waals surface area contributed by atoms with Crippen LogP contribution in [0.4, 0.5) is 0 Å². The standard InChI is InChI=1S/C4H11O5P.Na/c1-2-8-3-4-9-10(5,6)7;/h2-4H2,1H3,(H2,5,6,7);/q;+1/p-2. The van der Waals surface area contributed by atoms with Gasteiger partial charge in [-0.3, -0.25) is 0 Å². The van der Waals surface area contributed by atoms with E-state index in [9.17, 15) is 14.4 Å². The molecule has 0 aliphatic rings. The molecule has 0 aromatic rings. The summed E-state index contributed by atoms with van der Waals surface area (Å²) >= 11 is 0. The Balaban J connectivity index is 0. The third kappa shape index (κ3) is 14.0. The third-order valence-corrected chi connectivity index (χ3v) is 1.18. The minimum absolute atomic E-state index is 0. The van der Waals surface area contributed by atoms with Crippen LogP contribution in [0.15, 0.2) is 0 Å². The van der Waals surface area contributed by atoms with Gasteiger partial charge in [0, 0.05) is 6.61 Å². The molecule has 0 aromatic heterocycles. The van der Waals surface area contributed by atoms with Gasteiger partial charge in [0.1, 0.15) is 0 Å². The van der Waals surface area contributed by atoms with Crippen LogP contribution < -0.4 is 39.3 Å². The van der Waals surface area contributed by atoms with Crippen molar-refractivity contribution in [3.05, 3.63) is 0 Å². The number of hydrogen-bond acceptors (Lipinski definition) is 5. The molecular weight excluding hydrogens is 182 g/mol. The van der Waals surface area contributed by atoms with Crippen molar-refractivity contribution in [3.8, 4) is 0 Å². The molecule has 0 rings (SSSR count). The Kier molecular flexibility index (Phi) is 10.2. The van der Waals surface area contributed by atoms with Crippen molar-refractivity contribution in [1.82, 2.24) is 0 Å². The van der Waals surface area contributed by atoms with Gasteiger partial charge >= 0.3 is 29.6 Å². The van der Waals surface area contributed by atoms with Crippen LogP contribution in [-0.2, 0) is 13.8 Å². The van der Waals surface area contributed by atoms with Crippen molar-refractivity contribution in [2.24, 2.45) is 0 Å². The van der Waals surface area contributed by atoms with Crippen LogP contribution >= 0.6 is 7.82 Å². The minimum atomic E-state index is -4.79. The molecule has 0 radical (unpaired) electrons. The summed E-state index contributed by atoms with van der Waals surface area (Å²) in [6.07, 6.45) is 0. The number of ether oxygens (including phenoxy) is 1. The van der Waals surface area contributed by atoms with Crippen molar-refractivity contribution < 1.29 is 53.2 Å². The predicted molar refractivity (Wildman–Crippen MR) is 30.1 cm³/mol. The van der Waals surface area contributed by atoms with E-state index >= 15 is 0 Å². The van der Waals surface area contributed by atoms with Crippen LogP contribution in [-0.4, -0.2) is 19.8 Å². The van der Waals surface area contributed by atoms with Gasteiger partial charge in [0.25, 0.3) is 0 Å². The fourth-order valence-corrected chi connectivity index (χ4v) is 0.650. The van der Waals surface area contributed by atoms with E-state index in [0.717, 1.165) is 0 Å². The van der Waals surface area contributed by atoms with E-state index in [0.29, 0.717) is 6.61 Å². The van der Waals surface area contributed by atoms with Gasteiger partial charge < -0.3 is 23.6 Å². The van der Waals surface area contributed by atoms with Crippen LogP contribution in [0.25, 0.3) is 0 Å².